The van der Waals surface area contributed by atoms with Crippen molar-refractivity contribution in [2.45, 2.75) is 38.2 Å². The van der Waals surface area contributed by atoms with Crippen LogP contribution in [0.2, 0.25) is 0 Å². The minimum absolute atomic E-state index is 0.00741. The number of carbonyl (C=O) groups excluding carboxylic acids is 2. The number of rotatable bonds is 2. The molecule has 2 unspecified atom stereocenters. The van der Waals surface area contributed by atoms with E-state index in [-0.39, 0.29) is 47.4 Å². The second-order valence-corrected chi connectivity index (χ2v) is 9.75. The highest BCUT2D eigenvalue weighted by Crippen LogP contribution is 2.58. The number of aromatic nitrogens is 1. The predicted octanol–water partition coefficient (Wildman–Crippen LogP) is 4.03. The van der Waals surface area contributed by atoms with Crippen molar-refractivity contribution in [3.05, 3.63) is 77.4 Å². The minimum atomic E-state index is -0.385. The SMILES string of the molecule is C[C@]12C=CC3=CC4=C(CC(CO)CC4=O)OC3[C@@H]1CC(=O)[C@@H]2c1cccc2cnccc12. The number of aliphatic hydroxyl groups excluding tert-OH is 1. The maximum Gasteiger partial charge on any atom is 0.166 e. The summed E-state index contributed by atoms with van der Waals surface area (Å²) in [6.07, 6.45) is 10.9. The summed E-state index contributed by atoms with van der Waals surface area (Å²) < 4.78 is 6.46. The highest BCUT2D eigenvalue weighted by Gasteiger charge is 2.57. The van der Waals surface area contributed by atoms with Crippen LogP contribution in [0, 0.1) is 17.3 Å². The molecule has 2 heterocycles. The highest BCUT2D eigenvalue weighted by atomic mass is 16.5. The fourth-order valence-corrected chi connectivity index (χ4v) is 6.25. The lowest BCUT2D eigenvalue weighted by Crippen LogP contribution is -2.41. The topological polar surface area (TPSA) is 76.5 Å². The molecule has 0 radical (unpaired) electrons. The van der Waals surface area contributed by atoms with Gasteiger partial charge in [0.05, 0.1) is 11.5 Å². The van der Waals surface area contributed by atoms with Crippen LogP contribution in [0.1, 0.15) is 37.7 Å². The number of fused-ring (bicyclic) bond motifs is 4. The van der Waals surface area contributed by atoms with Gasteiger partial charge < -0.3 is 9.84 Å². The molecule has 1 aromatic carbocycles. The van der Waals surface area contributed by atoms with E-state index in [2.05, 4.69) is 30.1 Å². The van der Waals surface area contributed by atoms with E-state index in [1.165, 1.54) is 0 Å². The maximum atomic E-state index is 13.5. The number of benzene rings is 1. The Hall–Kier alpha value is -3.05. The zero-order valence-corrected chi connectivity index (χ0v) is 18.0. The van der Waals surface area contributed by atoms with Crippen molar-refractivity contribution >= 4 is 22.3 Å². The molecule has 1 saturated carbocycles. The smallest absolute Gasteiger partial charge is 0.166 e. The fraction of sp³-hybridized carbons (Fsp3) is 0.370. The standard InChI is InChI=1S/C27H25NO4/c1-27-7-5-16-11-20-22(30)9-15(14-29)10-24(20)32-26(16)21(27)12-23(31)25(27)19-4-2-3-17-13-28-8-6-18(17)19/h2-8,11,13,15,21,25-26,29H,9-10,12,14H2,1H3/t15?,21-,25-,26?,27-/m0/s1. The lowest BCUT2D eigenvalue weighted by atomic mass is 9.64. The van der Waals surface area contributed by atoms with E-state index >= 15 is 0 Å². The molecule has 162 valence electrons. The van der Waals surface area contributed by atoms with Gasteiger partial charge in [-0.05, 0) is 34.6 Å². The van der Waals surface area contributed by atoms with Gasteiger partial charge in [-0.1, -0.05) is 37.3 Å². The fourth-order valence-electron chi connectivity index (χ4n) is 6.25. The second kappa shape index (κ2) is 6.97. The van der Waals surface area contributed by atoms with Crippen LogP contribution in [0.4, 0.5) is 0 Å². The molecule has 1 aliphatic heterocycles. The molecule has 0 spiro atoms. The van der Waals surface area contributed by atoms with Crippen LogP contribution in [0.15, 0.2) is 71.8 Å². The van der Waals surface area contributed by atoms with Crippen molar-refractivity contribution in [3.8, 4) is 0 Å². The number of Topliss-reactive ketones (excluding diaryl/α,β-unsaturated/α-hetero) is 2. The predicted molar refractivity (Wildman–Crippen MR) is 120 cm³/mol. The molecule has 2 aromatic rings. The van der Waals surface area contributed by atoms with Crippen molar-refractivity contribution in [2.24, 2.45) is 17.3 Å². The molecule has 1 aromatic heterocycles. The summed E-state index contributed by atoms with van der Waals surface area (Å²) in [7, 11) is 0. The van der Waals surface area contributed by atoms with Gasteiger partial charge in [-0.3, -0.25) is 14.6 Å². The van der Waals surface area contributed by atoms with Crippen LogP contribution in [0.5, 0.6) is 0 Å². The Kier molecular flexibility index (Phi) is 4.28. The van der Waals surface area contributed by atoms with Crippen LogP contribution >= 0.6 is 0 Å². The number of nitrogens with zero attached hydrogens (tertiary/aromatic N) is 1. The van der Waals surface area contributed by atoms with E-state index in [0.29, 0.717) is 30.6 Å². The number of ketones is 2. The number of allylic oxidation sites excluding steroid dienone is 4. The van der Waals surface area contributed by atoms with E-state index in [9.17, 15) is 14.7 Å². The maximum absolute atomic E-state index is 13.5. The summed E-state index contributed by atoms with van der Waals surface area (Å²) in [5.41, 5.74) is 2.26. The number of ether oxygens (including phenoxy) is 1. The van der Waals surface area contributed by atoms with Gasteiger partial charge in [-0.15, -0.1) is 0 Å². The zero-order valence-electron chi connectivity index (χ0n) is 18.0. The van der Waals surface area contributed by atoms with Crippen molar-refractivity contribution in [1.29, 1.82) is 0 Å². The molecule has 6 rings (SSSR count). The monoisotopic (exact) mass is 427 g/mol. The molecule has 32 heavy (non-hydrogen) atoms. The van der Waals surface area contributed by atoms with Gasteiger partial charge in [0.2, 0.25) is 0 Å². The molecular formula is C27H25NO4. The van der Waals surface area contributed by atoms with Gasteiger partial charge in [0.25, 0.3) is 0 Å². The summed E-state index contributed by atoms with van der Waals surface area (Å²) in [4.78, 5) is 30.3. The molecule has 5 atom stereocenters. The molecule has 1 N–H and O–H groups in total. The largest absolute Gasteiger partial charge is 0.489 e. The first kappa shape index (κ1) is 19.6. The number of carbonyl (C=O) groups is 2. The van der Waals surface area contributed by atoms with Gasteiger partial charge >= 0.3 is 0 Å². The average Bonchev–Trinajstić information content (AvgIpc) is 3.08. The van der Waals surface area contributed by atoms with Gasteiger partial charge in [0.15, 0.2) is 5.78 Å². The number of pyridine rings is 1. The molecule has 3 aliphatic carbocycles. The first-order chi connectivity index (χ1) is 15.5. The number of hydrogen-bond acceptors (Lipinski definition) is 5. The lowest BCUT2D eigenvalue weighted by molar-refractivity contribution is -0.120. The van der Waals surface area contributed by atoms with Crippen LogP contribution in [-0.4, -0.2) is 34.4 Å². The Balaban J connectivity index is 1.42. The summed E-state index contributed by atoms with van der Waals surface area (Å²) in [6.45, 7) is 2.14. The Morgan fingerprint density at radius 1 is 1.19 bits per heavy atom. The van der Waals surface area contributed by atoms with E-state index in [1.54, 1.807) is 6.20 Å². The highest BCUT2D eigenvalue weighted by molar-refractivity contribution is 6.00. The van der Waals surface area contributed by atoms with Crippen LogP contribution in [-0.2, 0) is 14.3 Å². The molecular weight excluding hydrogens is 402 g/mol. The molecule has 5 nitrogen and oxygen atoms in total. The normalized spacial score (nSPS) is 33.5. The van der Waals surface area contributed by atoms with Crippen molar-refractivity contribution in [3.63, 3.8) is 0 Å². The summed E-state index contributed by atoms with van der Waals surface area (Å²) >= 11 is 0. The second-order valence-electron chi connectivity index (χ2n) is 9.75. The Morgan fingerprint density at radius 2 is 2.06 bits per heavy atom. The molecule has 4 aliphatic rings. The Bertz CT molecular complexity index is 1250. The summed E-state index contributed by atoms with van der Waals surface area (Å²) in [6, 6.07) is 8.08. The number of aliphatic hydroxyl groups is 1. The molecule has 1 fully saturated rings. The first-order valence-electron chi connectivity index (χ1n) is 11.3. The molecule has 5 heteroatoms. The van der Waals surface area contributed by atoms with Gasteiger partial charge in [-0.25, -0.2) is 0 Å². The van der Waals surface area contributed by atoms with Crippen LogP contribution in [0.25, 0.3) is 10.8 Å². The summed E-state index contributed by atoms with van der Waals surface area (Å²) in [5.74, 6) is 0.579. The molecule has 0 amide bonds. The van der Waals surface area contributed by atoms with E-state index in [4.69, 9.17) is 4.74 Å². The van der Waals surface area contributed by atoms with Crippen LogP contribution in [0.3, 0.4) is 0 Å². The van der Waals surface area contributed by atoms with Gasteiger partial charge in [-0.2, -0.15) is 0 Å². The summed E-state index contributed by atoms with van der Waals surface area (Å²) in [5, 5.41) is 11.7. The Labute approximate surface area is 186 Å². The third-order valence-corrected chi connectivity index (χ3v) is 7.91. The first-order valence-corrected chi connectivity index (χ1v) is 11.3. The third-order valence-electron chi connectivity index (χ3n) is 7.91. The number of hydrogen-bond donors (Lipinski definition) is 1. The minimum Gasteiger partial charge on any atom is -0.489 e. The quantitative estimate of drug-likeness (QED) is 0.783. The Morgan fingerprint density at radius 3 is 2.91 bits per heavy atom. The van der Waals surface area contributed by atoms with E-state index in [0.717, 1.165) is 21.9 Å². The van der Waals surface area contributed by atoms with Gasteiger partial charge in [0.1, 0.15) is 17.6 Å². The third kappa shape index (κ3) is 2.70. The van der Waals surface area contributed by atoms with Crippen molar-refractivity contribution in [2.75, 3.05) is 6.61 Å². The van der Waals surface area contributed by atoms with Gasteiger partial charge in [0, 0.05) is 55.0 Å². The molecule has 0 bridgehead atoms. The van der Waals surface area contributed by atoms with E-state index in [1.807, 2.05) is 30.5 Å². The lowest BCUT2D eigenvalue weighted by Gasteiger charge is -2.44. The van der Waals surface area contributed by atoms with Crippen LogP contribution < -0.4 is 0 Å². The average molecular weight is 428 g/mol. The van der Waals surface area contributed by atoms with Crippen molar-refractivity contribution in [1.82, 2.24) is 4.98 Å². The zero-order chi connectivity index (χ0) is 22.0. The van der Waals surface area contributed by atoms with E-state index < -0.39 is 0 Å². The van der Waals surface area contributed by atoms with Crippen molar-refractivity contribution < 1.29 is 19.4 Å². The molecule has 0 saturated heterocycles.